The lowest BCUT2D eigenvalue weighted by atomic mass is 9.93. The number of hydrogen-bond acceptors (Lipinski definition) is 5. The van der Waals surface area contributed by atoms with Gasteiger partial charge in [-0.2, -0.15) is 0 Å². The number of nitrogens with one attached hydrogen (secondary N) is 1. The van der Waals surface area contributed by atoms with E-state index in [9.17, 15) is 14.0 Å². The van der Waals surface area contributed by atoms with E-state index in [4.69, 9.17) is 10.5 Å². The number of urea groups is 1. The van der Waals surface area contributed by atoms with E-state index >= 15 is 0 Å². The summed E-state index contributed by atoms with van der Waals surface area (Å²) < 4.78 is 19.7. The topological polar surface area (TPSA) is 101 Å². The Balaban J connectivity index is 1.46. The highest BCUT2D eigenvalue weighted by Gasteiger charge is 2.38. The van der Waals surface area contributed by atoms with Crippen LogP contribution in [0.2, 0.25) is 0 Å². The SMILES string of the molecule is CC1(C)O/C(=C2/C(=O)Nc3cc(F)ccc32)C=C1c1ccc(N2CCN(CCN)C2=O)nc1. The number of nitrogens with two attached hydrogens (primary N) is 1. The number of anilines is 2. The van der Waals surface area contributed by atoms with Crippen molar-refractivity contribution in [2.75, 3.05) is 36.4 Å². The van der Waals surface area contributed by atoms with Gasteiger partial charge in [0, 0.05) is 49.1 Å². The maximum atomic E-state index is 13.6. The van der Waals surface area contributed by atoms with Gasteiger partial charge in [0.05, 0.1) is 11.3 Å². The van der Waals surface area contributed by atoms with Crippen LogP contribution in [0.5, 0.6) is 0 Å². The molecule has 1 aromatic carbocycles. The predicted molar refractivity (Wildman–Crippen MR) is 123 cm³/mol. The number of hydrogen-bond donors (Lipinski definition) is 2. The number of benzene rings is 1. The number of halogens is 1. The number of aromatic nitrogens is 1. The minimum Gasteiger partial charge on any atom is -0.482 e. The van der Waals surface area contributed by atoms with Crippen molar-refractivity contribution in [2.45, 2.75) is 19.4 Å². The van der Waals surface area contributed by atoms with E-state index in [0.29, 0.717) is 54.6 Å². The highest BCUT2D eigenvalue weighted by molar-refractivity contribution is 6.32. The first-order chi connectivity index (χ1) is 15.8. The Bertz CT molecular complexity index is 1220. The third kappa shape index (κ3) is 3.54. The Labute approximate surface area is 190 Å². The Morgan fingerprint density at radius 3 is 2.76 bits per heavy atom. The lowest BCUT2D eigenvalue weighted by Crippen LogP contribution is -2.35. The summed E-state index contributed by atoms with van der Waals surface area (Å²) in [6.07, 6.45) is 3.53. The Morgan fingerprint density at radius 1 is 1.21 bits per heavy atom. The molecule has 0 unspecified atom stereocenters. The smallest absolute Gasteiger partial charge is 0.325 e. The van der Waals surface area contributed by atoms with Crippen molar-refractivity contribution in [2.24, 2.45) is 5.73 Å². The van der Waals surface area contributed by atoms with Crippen molar-refractivity contribution >= 4 is 34.6 Å². The standard InChI is InChI=1S/C24H24FN5O3/c1-24(2)17(12-19(33-24)21-16-5-4-15(25)11-18(16)28-22(21)31)14-3-6-20(27-13-14)30-10-9-29(8-7-26)23(30)32/h3-6,11-13H,7-10,26H2,1-2H3,(H,28,31)/b21-19+. The van der Waals surface area contributed by atoms with Crippen molar-refractivity contribution in [3.05, 3.63) is 65.3 Å². The summed E-state index contributed by atoms with van der Waals surface area (Å²) >= 11 is 0. The molecule has 170 valence electrons. The van der Waals surface area contributed by atoms with Crippen molar-refractivity contribution in [3.63, 3.8) is 0 Å². The second kappa shape index (κ2) is 7.70. The van der Waals surface area contributed by atoms with E-state index in [2.05, 4.69) is 10.3 Å². The average molecular weight is 449 g/mol. The van der Waals surface area contributed by atoms with Gasteiger partial charge in [-0.15, -0.1) is 0 Å². The average Bonchev–Trinajstić information content (AvgIpc) is 3.40. The zero-order valence-corrected chi connectivity index (χ0v) is 18.4. The molecule has 2 aromatic rings. The Morgan fingerprint density at radius 2 is 2.03 bits per heavy atom. The van der Waals surface area contributed by atoms with Crippen LogP contribution in [0.15, 0.2) is 48.4 Å². The molecule has 33 heavy (non-hydrogen) atoms. The molecule has 3 aliphatic rings. The van der Waals surface area contributed by atoms with Crippen LogP contribution in [-0.2, 0) is 9.53 Å². The number of ether oxygens (including phenoxy) is 1. The summed E-state index contributed by atoms with van der Waals surface area (Å²) in [7, 11) is 0. The molecule has 0 spiro atoms. The third-order valence-corrected chi connectivity index (χ3v) is 6.09. The largest absolute Gasteiger partial charge is 0.482 e. The van der Waals surface area contributed by atoms with E-state index in [1.54, 1.807) is 22.1 Å². The van der Waals surface area contributed by atoms with Gasteiger partial charge >= 0.3 is 6.03 Å². The lowest BCUT2D eigenvalue weighted by molar-refractivity contribution is -0.111. The highest BCUT2D eigenvalue weighted by atomic mass is 19.1. The molecular formula is C24H24FN5O3. The van der Waals surface area contributed by atoms with Crippen LogP contribution < -0.4 is 16.0 Å². The molecule has 3 N–H and O–H groups in total. The van der Waals surface area contributed by atoms with Crippen LogP contribution in [-0.4, -0.2) is 53.6 Å². The predicted octanol–water partition coefficient (Wildman–Crippen LogP) is 2.98. The zero-order chi connectivity index (χ0) is 23.3. The van der Waals surface area contributed by atoms with Crippen LogP contribution in [0.1, 0.15) is 25.0 Å². The molecule has 0 aliphatic carbocycles. The summed E-state index contributed by atoms with van der Waals surface area (Å²) in [4.78, 5) is 33.0. The molecule has 8 nitrogen and oxygen atoms in total. The number of carbonyl (C=O) groups is 2. The number of amides is 3. The number of pyridine rings is 1. The van der Waals surface area contributed by atoms with Gasteiger partial charge in [-0.25, -0.2) is 14.2 Å². The fourth-order valence-corrected chi connectivity index (χ4v) is 4.47. The summed E-state index contributed by atoms with van der Waals surface area (Å²) in [5, 5.41) is 2.69. The fraction of sp³-hybridized carbons (Fsp3) is 0.292. The van der Waals surface area contributed by atoms with Crippen LogP contribution in [0, 0.1) is 5.82 Å². The molecule has 3 aliphatic heterocycles. The monoisotopic (exact) mass is 449 g/mol. The van der Waals surface area contributed by atoms with Gasteiger partial charge in [0.15, 0.2) is 0 Å². The van der Waals surface area contributed by atoms with Gasteiger partial charge in [-0.1, -0.05) is 0 Å². The molecule has 1 saturated heterocycles. The lowest BCUT2D eigenvalue weighted by Gasteiger charge is -2.24. The number of nitrogens with zero attached hydrogens (tertiary/aromatic N) is 3. The molecule has 5 rings (SSSR count). The van der Waals surface area contributed by atoms with Crippen molar-refractivity contribution in [3.8, 4) is 0 Å². The van der Waals surface area contributed by atoms with Gasteiger partial charge < -0.3 is 20.7 Å². The summed E-state index contributed by atoms with van der Waals surface area (Å²) in [5.74, 6) is 0.249. The number of fused-ring (bicyclic) bond motifs is 1. The van der Waals surface area contributed by atoms with Gasteiger partial charge in [0.1, 0.15) is 23.0 Å². The summed E-state index contributed by atoms with van der Waals surface area (Å²) in [6, 6.07) is 7.79. The molecule has 0 bridgehead atoms. The number of allylic oxidation sites excluding steroid dienone is 1. The Kier molecular flexibility index (Phi) is 4.93. The third-order valence-electron chi connectivity index (χ3n) is 6.09. The van der Waals surface area contributed by atoms with Gasteiger partial charge in [-0.3, -0.25) is 9.69 Å². The molecule has 0 radical (unpaired) electrons. The minimum atomic E-state index is -0.712. The highest BCUT2D eigenvalue weighted by Crippen LogP contribution is 2.44. The number of rotatable bonds is 4. The summed E-state index contributed by atoms with van der Waals surface area (Å²) in [5.41, 5.74) is 7.94. The number of carbonyl (C=O) groups excluding carboxylic acids is 2. The molecule has 1 aromatic heterocycles. The molecular weight excluding hydrogens is 425 g/mol. The van der Waals surface area contributed by atoms with Crippen LogP contribution >= 0.6 is 0 Å². The minimum absolute atomic E-state index is 0.0983. The van der Waals surface area contributed by atoms with E-state index in [1.807, 2.05) is 32.1 Å². The molecule has 3 amide bonds. The van der Waals surface area contributed by atoms with Crippen LogP contribution in [0.4, 0.5) is 20.7 Å². The molecule has 0 saturated carbocycles. The second-order valence-corrected chi connectivity index (χ2v) is 8.67. The molecule has 1 fully saturated rings. The van der Waals surface area contributed by atoms with E-state index in [-0.39, 0.29) is 11.9 Å². The van der Waals surface area contributed by atoms with E-state index < -0.39 is 11.4 Å². The van der Waals surface area contributed by atoms with Gasteiger partial charge in [0.2, 0.25) is 0 Å². The van der Waals surface area contributed by atoms with Crippen LogP contribution in [0.3, 0.4) is 0 Å². The zero-order valence-electron chi connectivity index (χ0n) is 18.4. The maximum Gasteiger partial charge on any atom is 0.325 e. The fourth-order valence-electron chi connectivity index (χ4n) is 4.47. The normalized spacial score (nSPS) is 21.3. The Hall–Kier alpha value is -3.72. The first kappa shape index (κ1) is 21.1. The first-order valence-corrected chi connectivity index (χ1v) is 10.8. The van der Waals surface area contributed by atoms with Crippen molar-refractivity contribution in [1.29, 1.82) is 0 Å². The molecule has 9 heteroatoms. The van der Waals surface area contributed by atoms with Gasteiger partial charge in [-0.05, 0) is 50.3 Å². The van der Waals surface area contributed by atoms with Gasteiger partial charge in [0.25, 0.3) is 5.91 Å². The van der Waals surface area contributed by atoms with Crippen molar-refractivity contribution in [1.82, 2.24) is 9.88 Å². The summed E-state index contributed by atoms with van der Waals surface area (Å²) in [6.45, 7) is 5.95. The quantitative estimate of drug-likeness (QED) is 0.699. The van der Waals surface area contributed by atoms with Crippen LogP contribution in [0.25, 0.3) is 11.1 Å². The van der Waals surface area contributed by atoms with Crippen molar-refractivity contribution < 1.29 is 18.7 Å². The molecule has 4 heterocycles. The molecule has 0 atom stereocenters. The second-order valence-electron chi connectivity index (χ2n) is 8.67. The first-order valence-electron chi connectivity index (χ1n) is 10.8. The van der Waals surface area contributed by atoms with E-state index in [1.165, 1.54) is 12.1 Å². The van der Waals surface area contributed by atoms with E-state index in [0.717, 1.165) is 11.1 Å². The maximum absolute atomic E-state index is 13.6.